The fourth-order valence-electron chi connectivity index (χ4n) is 4.05. The average Bonchev–Trinajstić information content (AvgIpc) is 3.09. The Hall–Kier alpha value is -2.62. The van der Waals surface area contributed by atoms with E-state index in [0.29, 0.717) is 12.1 Å². The molecule has 1 aromatic heterocycles. The quantitative estimate of drug-likeness (QED) is 0.581. The number of unbranched alkanes of at least 4 members (excludes halogenated alkanes) is 1. The van der Waals surface area contributed by atoms with Crippen LogP contribution in [0.4, 0.5) is 5.69 Å². The van der Waals surface area contributed by atoms with E-state index in [1.807, 2.05) is 18.2 Å². The van der Waals surface area contributed by atoms with Crippen LogP contribution in [0.1, 0.15) is 25.6 Å². The number of imidazole rings is 1. The molecule has 0 radical (unpaired) electrons. The first-order valence-electron chi connectivity index (χ1n) is 10.6. The number of rotatable bonds is 7. The lowest BCUT2D eigenvalue weighted by atomic mass is 10.2. The molecule has 0 amide bonds. The summed E-state index contributed by atoms with van der Waals surface area (Å²) in [6.45, 7) is 7.32. The second kappa shape index (κ2) is 8.86. The maximum absolute atomic E-state index is 11.7. The number of hydrogen-bond donors (Lipinski definition) is 2. The van der Waals surface area contributed by atoms with Gasteiger partial charge < -0.3 is 14.6 Å². The van der Waals surface area contributed by atoms with Crippen molar-refractivity contribution in [1.29, 1.82) is 0 Å². The molecule has 3 aromatic rings. The Morgan fingerprint density at radius 1 is 1.06 bits per heavy atom. The van der Waals surface area contributed by atoms with Crippen molar-refractivity contribution in [1.82, 2.24) is 14.5 Å². The summed E-state index contributed by atoms with van der Waals surface area (Å²) in [4.78, 5) is 9.56. The Morgan fingerprint density at radius 2 is 1.77 bits per heavy atom. The number of nitrogens with two attached hydrogens (primary N) is 1. The zero-order valence-corrected chi connectivity index (χ0v) is 18.6. The molecule has 0 atom stereocenters. The molecule has 0 saturated carbocycles. The molecule has 166 valence electrons. The van der Waals surface area contributed by atoms with Crippen LogP contribution in [0.2, 0.25) is 0 Å². The van der Waals surface area contributed by atoms with Gasteiger partial charge in [0.05, 0.1) is 22.5 Å². The van der Waals surface area contributed by atoms with E-state index in [-0.39, 0.29) is 10.6 Å². The number of sulfonamides is 1. The average molecular weight is 444 g/mol. The number of hydrogen-bond acceptors (Lipinski definition) is 6. The molecule has 1 aliphatic rings. The molecule has 1 saturated heterocycles. The number of aromatic nitrogens is 2. The number of aromatic hydroxyl groups is 1. The van der Waals surface area contributed by atoms with Crippen LogP contribution < -0.4 is 10.0 Å². The minimum atomic E-state index is -3.76. The molecule has 0 spiro atoms. The lowest BCUT2D eigenvalue weighted by molar-refractivity contribution is 0.241. The summed E-state index contributed by atoms with van der Waals surface area (Å²) in [5.41, 5.74) is 2.72. The zero-order valence-electron chi connectivity index (χ0n) is 17.7. The van der Waals surface area contributed by atoms with Crippen molar-refractivity contribution in [3.63, 3.8) is 0 Å². The lowest BCUT2D eigenvalue weighted by Crippen LogP contribution is -2.46. The highest BCUT2D eigenvalue weighted by atomic mass is 32.2. The molecule has 8 nitrogen and oxygen atoms in total. The smallest absolute Gasteiger partial charge is 0.238 e. The van der Waals surface area contributed by atoms with Gasteiger partial charge in [0.1, 0.15) is 11.6 Å². The first-order chi connectivity index (χ1) is 14.8. The van der Waals surface area contributed by atoms with Crippen LogP contribution in [0.3, 0.4) is 0 Å². The van der Waals surface area contributed by atoms with Gasteiger partial charge in [-0.25, -0.2) is 18.5 Å². The van der Waals surface area contributed by atoms with E-state index in [0.717, 1.165) is 62.6 Å². The summed E-state index contributed by atoms with van der Waals surface area (Å²) in [5.74, 6) is 1.23. The van der Waals surface area contributed by atoms with Crippen molar-refractivity contribution in [3.8, 4) is 5.75 Å². The van der Waals surface area contributed by atoms with Crippen LogP contribution in [-0.4, -0.2) is 54.2 Å². The van der Waals surface area contributed by atoms with Crippen molar-refractivity contribution < 1.29 is 13.5 Å². The summed E-state index contributed by atoms with van der Waals surface area (Å²) >= 11 is 0. The van der Waals surface area contributed by atoms with Gasteiger partial charge in [0, 0.05) is 38.4 Å². The van der Waals surface area contributed by atoms with Gasteiger partial charge in [-0.3, -0.25) is 4.90 Å². The Labute approximate surface area is 183 Å². The van der Waals surface area contributed by atoms with Crippen molar-refractivity contribution in [3.05, 3.63) is 48.3 Å². The Balaban J connectivity index is 1.52. The maximum atomic E-state index is 11.7. The van der Waals surface area contributed by atoms with Crippen LogP contribution in [0.5, 0.6) is 5.75 Å². The topological polar surface area (TPSA) is 105 Å². The molecular weight excluding hydrogens is 414 g/mol. The number of aryl methyl sites for hydroxylation is 1. The lowest BCUT2D eigenvalue weighted by Gasteiger charge is -2.36. The van der Waals surface area contributed by atoms with Crippen molar-refractivity contribution in [2.45, 2.75) is 37.8 Å². The normalized spacial score (nSPS) is 15.6. The third kappa shape index (κ3) is 4.84. The Bertz CT molecular complexity index is 1150. The van der Waals surface area contributed by atoms with E-state index >= 15 is 0 Å². The summed E-state index contributed by atoms with van der Waals surface area (Å²) in [6.07, 6.45) is 2.10. The number of phenolic OH excluding ortho intramolecular Hbond substituents is 1. The summed E-state index contributed by atoms with van der Waals surface area (Å²) in [5, 5.41) is 14.8. The molecule has 1 aliphatic heterocycles. The highest BCUT2D eigenvalue weighted by Gasteiger charge is 2.21. The first kappa shape index (κ1) is 21.6. The number of nitrogens with zero attached hydrogens (tertiary/aromatic N) is 4. The maximum Gasteiger partial charge on any atom is 0.238 e. The standard InChI is InChI=1S/C22H29N5O3S/c1-2-3-10-27-21-9-8-19(31(23,29)30)15-20(21)24-22(27)16-25-11-13-26(14-12-25)17-4-6-18(28)7-5-17/h4-9,15,28H,2-3,10-14,16H2,1H3,(H2,23,29,30). The van der Waals surface area contributed by atoms with Gasteiger partial charge in [0.15, 0.2) is 0 Å². The number of phenols is 1. The number of benzene rings is 2. The predicted molar refractivity (Wildman–Crippen MR) is 122 cm³/mol. The molecule has 4 rings (SSSR count). The van der Waals surface area contributed by atoms with Crippen molar-refractivity contribution in [2.24, 2.45) is 5.14 Å². The fraction of sp³-hybridized carbons (Fsp3) is 0.409. The van der Waals surface area contributed by atoms with E-state index < -0.39 is 10.0 Å². The van der Waals surface area contributed by atoms with Crippen LogP contribution in [-0.2, 0) is 23.1 Å². The minimum Gasteiger partial charge on any atom is -0.508 e. The van der Waals surface area contributed by atoms with Gasteiger partial charge in [-0.15, -0.1) is 0 Å². The van der Waals surface area contributed by atoms with Gasteiger partial charge in [0.25, 0.3) is 0 Å². The van der Waals surface area contributed by atoms with Gasteiger partial charge in [-0.05, 0) is 48.9 Å². The molecule has 1 fully saturated rings. The van der Waals surface area contributed by atoms with E-state index in [9.17, 15) is 13.5 Å². The second-order valence-electron chi connectivity index (χ2n) is 8.01. The second-order valence-corrected chi connectivity index (χ2v) is 9.57. The van der Waals surface area contributed by atoms with Crippen molar-refractivity contribution >= 4 is 26.7 Å². The monoisotopic (exact) mass is 443 g/mol. The van der Waals surface area contributed by atoms with E-state index in [1.54, 1.807) is 24.3 Å². The van der Waals surface area contributed by atoms with Gasteiger partial charge in [-0.1, -0.05) is 13.3 Å². The number of anilines is 1. The number of piperazine rings is 1. The largest absolute Gasteiger partial charge is 0.508 e. The van der Waals surface area contributed by atoms with E-state index in [4.69, 9.17) is 10.1 Å². The summed E-state index contributed by atoms with van der Waals surface area (Å²) < 4.78 is 25.7. The highest BCUT2D eigenvalue weighted by molar-refractivity contribution is 7.89. The SMILES string of the molecule is CCCCn1c(CN2CCN(c3ccc(O)cc3)CC2)nc2cc(S(N)(=O)=O)ccc21. The van der Waals surface area contributed by atoms with Crippen LogP contribution >= 0.6 is 0 Å². The number of fused-ring (bicyclic) bond motifs is 1. The first-order valence-corrected chi connectivity index (χ1v) is 12.2. The number of primary sulfonamides is 1. The minimum absolute atomic E-state index is 0.0919. The van der Waals surface area contributed by atoms with Gasteiger partial charge in [-0.2, -0.15) is 0 Å². The zero-order chi connectivity index (χ0) is 22.0. The molecule has 2 heterocycles. The third-order valence-electron chi connectivity index (χ3n) is 5.81. The molecule has 2 aromatic carbocycles. The fourth-order valence-corrected chi connectivity index (χ4v) is 4.58. The van der Waals surface area contributed by atoms with Crippen molar-refractivity contribution in [2.75, 3.05) is 31.1 Å². The predicted octanol–water partition coefficient (Wildman–Crippen LogP) is 2.51. The molecule has 9 heteroatoms. The Kier molecular flexibility index (Phi) is 6.17. The molecule has 0 unspecified atom stereocenters. The van der Waals surface area contributed by atoms with Crippen LogP contribution in [0, 0.1) is 0 Å². The molecule has 3 N–H and O–H groups in total. The van der Waals surface area contributed by atoms with Crippen LogP contribution in [0.25, 0.3) is 11.0 Å². The third-order valence-corrected chi connectivity index (χ3v) is 6.73. The highest BCUT2D eigenvalue weighted by Crippen LogP contribution is 2.23. The molecule has 0 aliphatic carbocycles. The summed E-state index contributed by atoms with van der Waals surface area (Å²) in [6, 6.07) is 12.3. The summed E-state index contributed by atoms with van der Waals surface area (Å²) in [7, 11) is -3.76. The van der Waals surface area contributed by atoms with E-state index in [1.165, 1.54) is 0 Å². The van der Waals surface area contributed by atoms with Gasteiger partial charge in [0.2, 0.25) is 10.0 Å². The molecule has 31 heavy (non-hydrogen) atoms. The van der Waals surface area contributed by atoms with E-state index in [2.05, 4.69) is 21.3 Å². The van der Waals surface area contributed by atoms with Crippen LogP contribution in [0.15, 0.2) is 47.4 Å². The molecular formula is C22H29N5O3S. The molecule has 0 bridgehead atoms. The van der Waals surface area contributed by atoms with Gasteiger partial charge >= 0.3 is 0 Å². The Morgan fingerprint density at radius 3 is 2.42 bits per heavy atom.